The van der Waals surface area contributed by atoms with Crippen LogP contribution in [0.2, 0.25) is 0 Å². The summed E-state index contributed by atoms with van der Waals surface area (Å²) < 4.78 is 29.8. The molecule has 1 unspecified atom stereocenters. The monoisotopic (exact) mass is 444 g/mol. The predicted octanol–water partition coefficient (Wildman–Crippen LogP) is 3.29. The lowest BCUT2D eigenvalue weighted by atomic mass is 9.92. The van der Waals surface area contributed by atoms with Gasteiger partial charge < -0.3 is 5.32 Å². The van der Waals surface area contributed by atoms with Gasteiger partial charge in [-0.1, -0.05) is 17.7 Å². The van der Waals surface area contributed by atoms with Crippen LogP contribution >= 0.6 is 0 Å². The molecule has 1 N–H and O–H groups in total. The fraction of sp³-hybridized carbons (Fsp3) is 0.565. The molecule has 0 bridgehead atoms. The molecule has 1 aliphatic heterocycles. The first kappa shape index (κ1) is 22.0. The van der Waals surface area contributed by atoms with Crippen molar-refractivity contribution in [3.63, 3.8) is 0 Å². The van der Waals surface area contributed by atoms with Crippen LogP contribution in [0, 0.1) is 6.92 Å². The van der Waals surface area contributed by atoms with Crippen molar-refractivity contribution in [2.24, 2.45) is 0 Å². The van der Waals surface area contributed by atoms with Gasteiger partial charge in [0.15, 0.2) is 0 Å². The van der Waals surface area contributed by atoms with Gasteiger partial charge in [0.1, 0.15) is 6.04 Å². The molecule has 2 atom stereocenters. The normalized spacial score (nSPS) is 22.3. The number of carbonyl (C=O) groups is 1. The van der Waals surface area contributed by atoms with Gasteiger partial charge in [0, 0.05) is 17.8 Å². The summed E-state index contributed by atoms with van der Waals surface area (Å²) in [4.78, 5) is 13.5. The Kier molecular flexibility index (Phi) is 5.72. The van der Waals surface area contributed by atoms with Gasteiger partial charge in [-0.25, -0.2) is 8.42 Å². The molecule has 7 nitrogen and oxygen atoms in total. The van der Waals surface area contributed by atoms with E-state index in [0.717, 1.165) is 30.4 Å². The maximum Gasteiger partial charge on any atom is 0.243 e. The Morgan fingerprint density at radius 2 is 1.84 bits per heavy atom. The largest absolute Gasteiger partial charge is 0.348 e. The molecule has 168 valence electrons. The van der Waals surface area contributed by atoms with E-state index in [0.29, 0.717) is 19.4 Å². The quantitative estimate of drug-likeness (QED) is 0.784. The zero-order chi connectivity index (χ0) is 22.4. The second-order valence-corrected chi connectivity index (χ2v) is 11.6. The van der Waals surface area contributed by atoms with Crippen molar-refractivity contribution in [1.82, 2.24) is 19.4 Å². The Morgan fingerprint density at radius 1 is 1.13 bits per heavy atom. The molecule has 1 amide bonds. The van der Waals surface area contributed by atoms with Crippen molar-refractivity contribution in [2.75, 3.05) is 6.54 Å². The van der Waals surface area contributed by atoms with Crippen molar-refractivity contribution in [3.05, 3.63) is 47.3 Å². The summed E-state index contributed by atoms with van der Waals surface area (Å²) in [6.07, 6.45) is 5.83. The minimum Gasteiger partial charge on any atom is -0.348 e. The van der Waals surface area contributed by atoms with Gasteiger partial charge in [-0.2, -0.15) is 9.40 Å². The first-order chi connectivity index (χ1) is 14.6. The number of aryl methyl sites for hydroxylation is 1. The number of nitrogens with zero attached hydrogens (tertiary/aromatic N) is 3. The van der Waals surface area contributed by atoms with E-state index in [1.54, 1.807) is 24.3 Å². The Bertz CT molecular complexity index is 1070. The molecule has 1 saturated heterocycles. The molecule has 31 heavy (non-hydrogen) atoms. The first-order valence-electron chi connectivity index (χ1n) is 11.1. The second kappa shape index (κ2) is 8.06. The van der Waals surface area contributed by atoms with Crippen LogP contribution in [0.15, 0.2) is 35.4 Å². The predicted molar refractivity (Wildman–Crippen MR) is 119 cm³/mol. The lowest BCUT2D eigenvalue weighted by Gasteiger charge is -2.30. The van der Waals surface area contributed by atoms with Crippen LogP contribution in [-0.4, -0.2) is 41.0 Å². The summed E-state index contributed by atoms with van der Waals surface area (Å²) in [5, 5.41) is 7.73. The smallest absolute Gasteiger partial charge is 0.243 e. The van der Waals surface area contributed by atoms with Gasteiger partial charge in [-0.3, -0.25) is 9.48 Å². The highest BCUT2D eigenvalue weighted by Crippen LogP contribution is 2.33. The SMILES string of the molecule is Cc1ccc(S(=O)(=O)N2CCC[C@@H]2C(=O)NC2CCCc3c2cnn3C(C)(C)C)cc1. The molecule has 1 aromatic carbocycles. The molecule has 0 saturated carbocycles. The van der Waals surface area contributed by atoms with Crippen LogP contribution in [0.25, 0.3) is 0 Å². The van der Waals surface area contributed by atoms with Crippen LogP contribution in [0.5, 0.6) is 0 Å². The van der Waals surface area contributed by atoms with E-state index in [1.807, 2.05) is 17.8 Å². The lowest BCUT2D eigenvalue weighted by molar-refractivity contribution is -0.125. The van der Waals surface area contributed by atoms with Crippen molar-refractivity contribution < 1.29 is 13.2 Å². The van der Waals surface area contributed by atoms with E-state index in [2.05, 4.69) is 31.2 Å². The summed E-state index contributed by atoms with van der Waals surface area (Å²) in [5.41, 5.74) is 3.10. The Labute approximate surface area is 184 Å². The summed E-state index contributed by atoms with van der Waals surface area (Å²) in [6.45, 7) is 8.65. The number of fused-ring (bicyclic) bond motifs is 1. The molecule has 2 heterocycles. The number of carbonyl (C=O) groups excluding carboxylic acids is 1. The highest BCUT2D eigenvalue weighted by molar-refractivity contribution is 7.89. The summed E-state index contributed by atoms with van der Waals surface area (Å²) in [7, 11) is -3.71. The molecular weight excluding hydrogens is 412 g/mol. The standard InChI is InChI=1S/C23H32N4O3S/c1-16-10-12-17(13-11-16)31(29,30)26-14-6-9-21(26)22(28)25-19-7-5-8-20-18(19)15-24-27(20)23(2,3)4/h10-13,15,19,21H,5-9,14H2,1-4H3,(H,25,28)/t19?,21-/m1/s1. The van der Waals surface area contributed by atoms with Crippen molar-refractivity contribution >= 4 is 15.9 Å². The fourth-order valence-electron chi connectivity index (χ4n) is 4.69. The van der Waals surface area contributed by atoms with Crippen LogP contribution in [0.1, 0.15) is 69.3 Å². The number of hydrogen-bond donors (Lipinski definition) is 1. The van der Waals surface area contributed by atoms with E-state index < -0.39 is 16.1 Å². The summed E-state index contributed by atoms with van der Waals surface area (Å²) >= 11 is 0. The van der Waals surface area contributed by atoms with Crippen molar-refractivity contribution in [3.8, 4) is 0 Å². The molecular formula is C23H32N4O3S. The third-order valence-corrected chi connectivity index (χ3v) is 8.19. The number of aromatic nitrogens is 2. The molecule has 1 aromatic heterocycles. The zero-order valence-corrected chi connectivity index (χ0v) is 19.6. The Balaban J connectivity index is 1.54. The Hall–Kier alpha value is -2.19. The number of nitrogens with one attached hydrogen (secondary N) is 1. The zero-order valence-electron chi connectivity index (χ0n) is 18.8. The maximum atomic E-state index is 13.2. The number of sulfonamides is 1. The Morgan fingerprint density at radius 3 is 2.52 bits per heavy atom. The van der Waals surface area contributed by atoms with E-state index >= 15 is 0 Å². The molecule has 2 aliphatic rings. The second-order valence-electron chi connectivity index (χ2n) is 9.67. The third-order valence-electron chi connectivity index (χ3n) is 6.27. The highest BCUT2D eigenvalue weighted by atomic mass is 32.2. The van der Waals surface area contributed by atoms with Crippen molar-refractivity contribution in [2.45, 2.75) is 82.3 Å². The molecule has 8 heteroatoms. The van der Waals surface area contributed by atoms with Crippen LogP contribution in [-0.2, 0) is 26.8 Å². The van der Waals surface area contributed by atoms with Gasteiger partial charge in [-0.15, -0.1) is 0 Å². The van der Waals surface area contributed by atoms with Crippen LogP contribution in [0.3, 0.4) is 0 Å². The molecule has 0 spiro atoms. The van der Waals surface area contributed by atoms with Gasteiger partial charge in [0.05, 0.1) is 22.7 Å². The van der Waals surface area contributed by atoms with Gasteiger partial charge >= 0.3 is 0 Å². The average molecular weight is 445 g/mol. The van der Waals surface area contributed by atoms with Crippen LogP contribution < -0.4 is 5.32 Å². The number of amides is 1. The molecule has 1 fully saturated rings. The minimum absolute atomic E-state index is 0.121. The van der Waals surface area contributed by atoms with E-state index in [9.17, 15) is 13.2 Å². The molecule has 4 rings (SSSR count). The van der Waals surface area contributed by atoms with Crippen molar-refractivity contribution in [1.29, 1.82) is 0 Å². The lowest BCUT2D eigenvalue weighted by Crippen LogP contribution is -2.47. The number of benzene rings is 1. The maximum absolute atomic E-state index is 13.2. The minimum atomic E-state index is -3.71. The first-order valence-corrected chi connectivity index (χ1v) is 12.5. The molecule has 1 aliphatic carbocycles. The van der Waals surface area contributed by atoms with E-state index in [4.69, 9.17) is 0 Å². The summed E-state index contributed by atoms with van der Waals surface area (Å²) in [6, 6.07) is 6.01. The summed E-state index contributed by atoms with van der Waals surface area (Å²) in [5.74, 6) is -0.213. The third kappa shape index (κ3) is 4.15. The van der Waals surface area contributed by atoms with E-state index in [1.165, 1.54) is 10.00 Å². The van der Waals surface area contributed by atoms with Gasteiger partial charge in [-0.05, 0) is 71.9 Å². The van der Waals surface area contributed by atoms with Crippen LogP contribution in [0.4, 0.5) is 0 Å². The average Bonchev–Trinajstić information content (AvgIpc) is 3.36. The van der Waals surface area contributed by atoms with Gasteiger partial charge in [0.2, 0.25) is 15.9 Å². The fourth-order valence-corrected chi connectivity index (χ4v) is 6.34. The topological polar surface area (TPSA) is 84.3 Å². The van der Waals surface area contributed by atoms with E-state index in [-0.39, 0.29) is 22.4 Å². The number of hydrogen-bond acceptors (Lipinski definition) is 4. The highest BCUT2D eigenvalue weighted by Gasteiger charge is 2.40. The molecule has 0 radical (unpaired) electrons. The van der Waals surface area contributed by atoms with Gasteiger partial charge in [0.25, 0.3) is 0 Å². The number of rotatable bonds is 4. The molecule has 2 aromatic rings.